The Balaban J connectivity index is 2.82. The average Bonchev–Trinajstić information content (AvgIpc) is 2.83. The van der Waals surface area contributed by atoms with E-state index in [2.05, 4.69) is 19.2 Å². The fraction of sp³-hybridized carbons (Fsp3) is 0.875. The van der Waals surface area contributed by atoms with Crippen LogP contribution in [0.25, 0.3) is 0 Å². The van der Waals surface area contributed by atoms with Gasteiger partial charge >= 0.3 is 5.97 Å². The molecule has 4 heteroatoms. The fourth-order valence-electron chi connectivity index (χ4n) is 3.33. The number of carboxylic acid groups (broad SMARTS) is 1. The van der Waals surface area contributed by atoms with E-state index in [1.165, 1.54) is 0 Å². The highest BCUT2D eigenvalue weighted by molar-refractivity contribution is 5.87. The molecule has 0 aromatic heterocycles. The summed E-state index contributed by atoms with van der Waals surface area (Å²) in [5.41, 5.74) is -0.338. The molecule has 1 saturated carbocycles. The Morgan fingerprint density at radius 3 is 2.15 bits per heavy atom. The van der Waals surface area contributed by atoms with Gasteiger partial charge in [-0.1, -0.05) is 47.0 Å². The summed E-state index contributed by atoms with van der Waals surface area (Å²) in [6.07, 6.45) is 5.52. The SMILES string of the molecule is CC[C@H](C)[C@H](NC(=O)C1(CC(C)C)CCCC1)C(=O)O. The zero-order valence-electron chi connectivity index (χ0n) is 13.2. The van der Waals surface area contributed by atoms with Gasteiger partial charge in [-0.25, -0.2) is 4.79 Å². The molecule has 0 saturated heterocycles. The first kappa shape index (κ1) is 17.0. The standard InChI is InChI=1S/C16H29NO3/c1-5-12(4)13(14(18)19)17-15(20)16(10-11(2)3)8-6-7-9-16/h11-13H,5-10H2,1-4H3,(H,17,20)(H,18,19)/t12-,13-/m0/s1. The average molecular weight is 283 g/mol. The molecule has 1 aliphatic carbocycles. The third-order valence-electron chi connectivity index (χ3n) is 4.61. The third kappa shape index (κ3) is 3.97. The molecule has 1 fully saturated rings. The van der Waals surface area contributed by atoms with Crippen LogP contribution in [0.3, 0.4) is 0 Å². The van der Waals surface area contributed by atoms with E-state index in [1.807, 2.05) is 13.8 Å². The first-order chi connectivity index (χ1) is 9.32. The zero-order chi connectivity index (χ0) is 15.3. The molecule has 0 unspecified atom stereocenters. The second-order valence-electron chi connectivity index (χ2n) is 6.76. The maximum Gasteiger partial charge on any atom is 0.326 e. The van der Waals surface area contributed by atoms with Crippen LogP contribution in [0, 0.1) is 17.3 Å². The summed E-state index contributed by atoms with van der Waals surface area (Å²) >= 11 is 0. The largest absolute Gasteiger partial charge is 0.480 e. The molecule has 0 radical (unpaired) electrons. The van der Waals surface area contributed by atoms with Crippen LogP contribution in [0.2, 0.25) is 0 Å². The van der Waals surface area contributed by atoms with Crippen LogP contribution >= 0.6 is 0 Å². The van der Waals surface area contributed by atoms with Gasteiger partial charge in [-0.2, -0.15) is 0 Å². The molecule has 116 valence electrons. The van der Waals surface area contributed by atoms with Crippen LogP contribution in [0.4, 0.5) is 0 Å². The van der Waals surface area contributed by atoms with Crippen molar-refractivity contribution < 1.29 is 14.7 Å². The summed E-state index contributed by atoms with van der Waals surface area (Å²) in [5.74, 6) is -0.568. The minimum Gasteiger partial charge on any atom is -0.480 e. The number of hydrogen-bond donors (Lipinski definition) is 2. The van der Waals surface area contributed by atoms with Crippen molar-refractivity contribution in [3.8, 4) is 0 Å². The van der Waals surface area contributed by atoms with Crippen molar-refractivity contribution in [2.75, 3.05) is 0 Å². The van der Waals surface area contributed by atoms with Crippen LogP contribution in [0.5, 0.6) is 0 Å². The van der Waals surface area contributed by atoms with E-state index in [4.69, 9.17) is 0 Å². The van der Waals surface area contributed by atoms with Crippen LogP contribution in [0.1, 0.15) is 66.2 Å². The van der Waals surface area contributed by atoms with Gasteiger partial charge in [-0.3, -0.25) is 4.79 Å². The first-order valence-electron chi connectivity index (χ1n) is 7.86. The molecular weight excluding hydrogens is 254 g/mol. The van der Waals surface area contributed by atoms with E-state index in [0.717, 1.165) is 38.5 Å². The Kier molecular flexibility index (Phi) is 6.03. The molecule has 0 aromatic rings. The topological polar surface area (TPSA) is 66.4 Å². The van der Waals surface area contributed by atoms with Gasteiger partial charge in [-0.15, -0.1) is 0 Å². The Morgan fingerprint density at radius 1 is 1.20 bits per heavy atom. The van der Waals surface area contributed by atoms with E-state index in [1.54, 1.807) is 0 Å². The van der Waals surface area contributed by atoms with Crippen LogP contribution in [-0.2, 0) is 9.59 Å². The zero-order valence-corrected chi connectivity index (χ0v) is 13.2. The number of nitrogens with one attached hydrogen (secondary N) is 1. The van der Waals surface area contributed by atoms with Crippen LogP contribution < -0.4 is 5.32 Å². The predicted molar refractivity (Wildman–Crippen MR) is 79.4 cm³/mol. The van der Waals surface area contributed by atoms with Gasteiger partial charge in [0.2, 0.25) is 5.91 Å². The summed E-state index contributed by atoms with van der Waals surface area (Å²) in [6, 6.07) is -0.767. The van der Waals surface area contributed by atoms with Crippen molar-refractivity contribution in [2.45, 2.75) is 72.3 Å². The normalized spacial score (nSPS) is 20.6. The molecule has 4 nitrogen and oxygen atoms in total. The fourth-order valence-corrected chi connectivity index (χ4v) is 3.33. The van der Waals surface area contributed by atoms with Crippen molar-refractivity contribution in [3.63, 3.8) is 0 Å². The van der Waals surface area contributed by atoms with Crippen molar-refractivity contribution in [2.24, 2.45) is 17.3 Å². The Labute approximate surface area is 122 Å². The number of carboxylic acids is 1. The summed E-state index contributed by atoms with van der Waals surface area (Å²) < 4.78 is 0. The molecule has 2 atom stereocenters. The van der Waals surface area contributed by atoms with Gasteiger partial charge in [-0.05, 0) is 31.1 Å². The number of carbonyl (C=O) groups excluding carboxylic acids is 1. The predicted octanol–water partition coefficient (Wildman–Crippen LogP) is 3.21. The molecule has 0 bridgehead atoms. The summed E-state index contributed by atoms with van der Waals surface area (Å²) in [7, 11) is 0. The summed E-state index contributed by atoms with van der Waals surface area (Å²) in [6.45, 7) is 8.07. The minimum absolute atomic E-state index is 0.0450. The van der Waals surface area contributed by atoms with Crippen molar-refractivity contribution in [1.82, 2.24) is 5.32 Å². The van der Waals surface area contributed by atoms with E-state index in [0.29, 0.717) is 5.92 Å². The lowest BCUT2D eigenvalue weighted by Gasteiger charge is -2.32. The van der Waals surface area contributed by atoms with Crippen LogP contribution in [-0.4, -0.2) is 23.0 Å². The second kappa shape index (κ2) is 7.09. The third-order valence-corrected chi connectivity index (χ3v) is 4.61. The molecule has 1 aliphatic rings. The lowest BCUT2D eigenvalue weighted by molar-refractivity contribution is -0.145. The van der Waals surface area contributed by atoms with Gasteiger partial charge in [0.05, 0.1) is 0 Å². The van der Waals surface area contributed by atoms with Crippen molar-refractivity contribution in [1.29, 1.82) is 0 Å². The van der Waals surface area contributed by atoms with Crippen LogP contribution in [0.15, 0.2) is 0 Å². The van der Waals surface area contributed by atoms with Gasteiger partial charge in [0, 0.05) is 5.41 Å². The molecule has 0 heterocycles. The quantitative estimate of drug-likeness (QED) is 0.754. The molecule has 1 rings (SSSR count). The Morgan fingerprint density at radius 2 is 1.75 bits per heavy atom. The number of carbonyl (C=O) groups is 2. The molecule has 2 N–H and O–H groups in total. The van der Waals surface area contributed by atoms with Gasteiger partial charge in [0.1, 0.15) is 6.04 Å². The Hall–Kier alpha value is -1.06. The highest BCUT2D eigenvalue weighted by Crippen LogP contribution is 2.43. The lowest BCUT2D eigenvalue weighted by Crippen LogP contribution is -2.50. The van der Waals surface area contributed by atoms with Crippen molar-refractivity contribution >= 4 is 11.9 Å². The maximum absolute atomic E-state index is 12.7. The maximum atomic E-state index is 12.7. The molecular formula is C16H29NO3. The monoisotopic (exact) mass is 283 g/mol. The lowest BCUT2D eigenvalue weighted by atomic mass is 9.77. The highest BCUT2D eigenvalue weighted by atomic mass is 16.4. The van der Waals surface area contributed by atoms with Gasteiger partial charge < -0.3 is 10.4 Å². The Bertz CT molecular complexity index is 346. The number of rotatable bonds is 7. The highest BCUT2D eigenvalue weighted by Gasteiger charge is 2.43. The first-order valence-corrected chi connectivity index (χ1v) is 7.86. The molecule has 1 amide bonds. The van der Waals surface area contributed by atoms with E-state index < -0.39 is 12.0 Å². The van der Waals surface area contributed by atoms with Crippen molar-refractivity contribution in [3.05, 3.63) is 0 Å². The van der Waals surface area contributed by atoms with E-state index in [-0.39, 0.29) is 17.2 Å². The molecule has 0 aliphatic heterocycles. The summed E-state index contributed by atoms with van der Waals surface area (Å²) in [4.78, 5) is 24.0. The van der Waals surface area contributed by atoms with Gasteiger partial charge in [0.15, 0.2) is 0 Å². The molecule has 0 spiro atoms. The van der Waals surface area contributed by atoms with E-state index in [9.17, 15) is 14.7 Å². The number of aliphatic carboxylic acids is 1. The number of hydrogen-bond acceptors (Lipinski definition) is 2. The summed E-state index contributed by atoms with van der Waals surface area (Å²) in [5, 5.41) is 12.1. The number of amides is 1. The smallest absolute Gasteiger partial charge is 0.326 e. The van der Waals surface area contributed by atoms with E-state index >= 15 is 0 Å². The minimum atomic E-state index is -0.926. The second-order valence-corrected chi connectivity index (χ2v) is 6.76. The van der Waals surface area contributed by atoms with Gasteiger partial charge in [0.25, 0.3) is 0 Å². The molecule has 0 aromatic carbocycles. The molecule has 20 heavy (non-hydrogen) atoms.